The van der Waals surface area contributed by atoms with Gasteiger partial charge in [0.1, 0.15) is 0 Å². The molecule has 0 spiro atoms. The molecule has 1 aromatic heterocycles. The molecule has 180 valence electrons. The lowest BCUT2D eigenvalue weighted by Gasteiger charge is -2.21. The highest BCUT2D eigenvalue weighted by molar-refractivity contribution is 14.0. The third kappa shape index (κ3) is 7.45. The van der Waals surface area contributed by atoms with Crippen LogP contribution in [0.4, 0.5) is 0 Å². The van der Waals surface area contributed by atoms with Gasteiger partial charge in [0.05, 0.1) is 17.1 Å². The third-order valence-corrected chi connectivity index (χ3v) is 7.47. The number of nitrogens with zero attached hydrogens (tertiary/aromatic N) is 3. The van der Waals surface area contributed by atoms with E-state index in [2.05, 4.69) is 34.6 Å². The zero-order chi connectivity index (χ0) is 23.0. The van der Waals surface area contributed by atoms with Gasteiger partial charge in [-0.1, -0.05) is 31.1 Å². The zero-order valence-corrected chi connectivity index (χ0v) is 22.9. The van der Waals surface area contributed by atoms with Crippen molar-refractivity contribution in [2.45, 2.75) is 70.5 Å². The molecule has 0 aliphatic rings. The van der Waals surface area contributed by atoms with Gasteiger partial charge in [0.25, 0.3) is 0 Å². The Bertz CT molecular complexity index is 954. The van der Waals surface area contributed by atoms with E-state index in [1.807, 2.05) is 19.9 Å². The lowest BCUT2D eigenvalue weighted by Crippen LogP contribution is -2.36. The molecule has 2 aromatic rings. The summed E-state index contributed by atoms with van der Waals surface area (Å²) < 4.78 is 31.9. The summed E-state index contributed by atoms with van der Waals surface area (Å²) in [5, 5.41) is 10.6. The molecule has 0 bridgehead atoms. The van der Waals surface area contributed by atoms with Crippen molar-refractivity contribution in [1.82, 2.24) is 20.1 Å². The number of rotatable bonds is 10. The minimum Gasteiger partial charge on any atom is -0.359 e. The number of sulfonamides is 1. The highest BCUT2D eigenvalue weighted by atomic mass is 127. The minimum absolute atomic E-state index is 0. The molecule has 0 aliphatic carbocycles. The SMILES string of the molecule is CCC(CC)c1cc(CNC(=NC)NCc2ccc(S(=O)(=O)N(C)C(C)C)cc2)on1.I. The number of halogens is 1. The topological polar surface area (TPSA) is 99.8 Å². The maximum atomic E-state index is 12.6. The molecule has 0 radical (unpaired) electrons. The summed E-state index contributed by atoms with van der Waals surface area (Å²) in [6.07, 6.45) is 2.07. The van der Waals surface area contributed by atoms with Crippen LogP contribution in [-0.4, -0.2) is 44.0 Å². The number of guanidine groups is 1. The molecule has 8 nitrogen and oxygen atoms in total. The smallest absolute Gasteiger partial charge is 0.243 e. The Morgan fingerprint density at radius 2 is 1.72 bits per heavy atom. The first kappa shape index (κ1) is 28.4. The minimum atomic E-state index is -3.48. The molecule has 0 saturated heterocycles. The summed E-state index contributed by atoms with van der Waals surface area (Å²) in [6.45, 7) is 8.98. The van der Waals surface area contributed by atoms with Crippen molar-refractivity contribution in [2.24, 2.45) is 4.99 Å². The first-order valence-electron chi connectivity index (χ1n) is 10.7. The molecule has 1 heterocycles. The van der Waals surface area contributed by atoms with Gasteiger partial charge in [-0.05, 0) is 44.4 Å². The Morgan fingerprint density at radius 1 is 1.12 bits per heavy atom. The Hall–Kier alpha value is -1.66. The largest absolute Gasteiger partial charge is 0.359 e. The van der Waals surface area contributed by atoms with Gasteiger partial charge in [0.15, 0.2) is 11.7 Å². The van der Waals surface area contributed by atoms with E-state index in [1.165, 1.54) is 4.31 Å². The van der Waals surface area contributed by atoms with E-state index in [1.54, 1.807) is 38.4 Å². The molecule has 32 heavy (non-hydrogen) atoms. The van der Waals surface area contributed by atoms with Crippen LogP contribution in [0, 0.1) is 0 Å². The van der Waals surface area contributed by atoms with Crippen LogP contribution in [0.15, 0.2) is 44.7 Å². The van der Waals surface area contributed by atoms with Gasteiger partial charge in [-0.15, -0.1) is 24.0 Å². The fourth-order valence-corrected chi connectivity index (χ4v) is 4.48. The number of aromatic nitrogens is 1. The molecule has 0 saturated carbocycles. The molecule has 0 unspecified atom stereocenters. The molecule has 10 heteroatoms. The summed E-state index contributed by atoms with van der Waals surface area (Å²) in [4.78, 5) is 4.51. The van der Waals surface area contributed by atoms with Crippen molar-refractivity contribution in [2.75, 3.05) is 14.1 Å². The highest BCUT2D eigenvalue weighted by Gasteiger charge is 2.22. The van der Waals surface area contributed by atoms with Crippen molar-refractivity contribution in [1.29, 1.82) is 0 Å². The third-order valence-electron chi connectivity index (χ3n) is 5.42. The summed E-state index contributed by atoms with van der Waals surface area (Å²) in [5.41, 5.74) is 1.94. The molecule has 2 N–H and O–H groups in total. The summed E-state index contributed by atoms with van der Waals surface area (Å²) in [5.74, 6) is 1.80. The van der Waals surface area contributed by atoms with Gasteiger partial charge < -0.3 is 15.2 Å². The number of hydrogen-bond acceptors (Lipinski definition) is 5. The van der Waals surface area contributed by atoms with Crippen LogP contribution in [0.5, 0.6) is 0 Å². The van der Waals surface area contributed by atoms with Crippen molar-refractivity contribution < 1.29 is 12.9 Å². The van der Waals surface area contributed by atoms with Gasteiger partial charge in [0, 0.05) is 38.7 Å². The maximum Gasteiger partial charge on any atom is 0.243 e. The van der Waals surface area contributed by atoms with Gasteiger partial charge in [-0.3, -0.25) is 4.99 Å². The molecular weight excluding hydrogens is 541 g/mol. The second kappa shape index (κ2) is 13.1. The molecule has 0 atom stereocenters. The number of nitrogens with one attached hydrogen (secondary N) is 2. The summed E-state index contributed by atoms with van der Waals surface area (Å²) in [6, 6.07) is 8.77. The van der Waals surface area contributed by atoms with E-state index >= 15 is 0 Å². The van der Waals surface area contributed by atoms with Crippen LogP contribution in [0.3, 0.4) is 0 Å². The highest BCUT2D eigenvalue weighted by Crippen LogP contribution is 2.22. The van der Waals surface area contributed by atoms with Crippen molar-refractivity contribution in [3.8, 4) is 0 Å². The number of hydrogen-bond donors (Lipinski definition) is 2. The normalized spacial score (nSPS) is 12.3. The first-order chi connectivity index (χ1) is 14.7. The van der Waals surface area contributed by atoms with Crippen LogP contribution in [0.2, 0.25) is 0 Å². The lowest BCUT2D eigenvalue weighted by atomic mass is 9.99. The van der Waals surface area contributed by atoms with E-state index in [9.17, 15) is 8.42 Å². The van der Waals surface area contributed by atoms with Crippen LogP contribution < -0.4 is 10.6 Å². The Kier molecular flexibility index (Phi) is 11.7. The molecule has 0 amide bonds. The Labute approximate surface area is 209 Å². The van der Waals surface area contributed by atoms with E-state index in [-0.39, 0.29) is 34.9 Å². The standard InChI is InChI=1S/C22H35N5O3S.HI/c1-7-18(8-2)21-13-19(30-26-21)15-25-22(23-5)24-14-17-9-11-20(12-10-17)31(28,29)27(6)16(3)4;/h9-13,16,18H,7-8,14-15H2,1-6H3,(H2,23,24,25);1H. The van der Waals surface area contributed by atoms with E-state index in [0.29, 0.717) is 25.0 Å². The Morgan fingerprint density at radius 3 is 2.25 bits per heavy atom. The number of benzene rings is 1. The first-order valence-corrected chi connectivity index (χ1v) is 12.1. The molecule has 0 fully saturated rings. The predicted molar refractivity (Wildman–Crippen MR) is 139 cm³/mol. The van der Waals surface area contributed by atoms with Gasteiger partial charge in [0.2, 0.25) is 10.0 Å². The maximum absolute atomic E-state index is 12.6. The van der Waals surface area contributed by atoms with Crippen molar-refractivity contribution in [3.05, 3.63) is 47.3 Å². The fraction of sp³-hybridized carbons (Fsp3) is 0.545. The molecule has 1 aromatic carbocycles. The molecule has 2 rings (SSSR count). The monoisotopic (exact) mass is 577 g/mol. The van der Waals surface area contributed by atoms with E-state index < -0.39 is 10.0 Å². The molecule has 0 aliphatic heterocycles. The quantitative estimate of drug-likeness (QED) is 0.251. The van der Waals surface area contributed by atoms with Crippen molar-refractivity contribution in [3.63, 3.8) is 0 Å². The average molecular weight is 578 g/mol. The molecular formula is C22H36IN5O3S. The van der Waals surface area contributed by atoms with Crippen LogP contribution >= 0.6 is 24.0 Å². The fourth-order valence-electron chi connectivity index (χ4n) is 3.11. The predicted octanol–water partition coefficient (Wildman–Crippen LogP) is 4.09. The lowest BCUT2D eigenvalue weighted by molar-refractivity contribution is 0.368. The number of aliphatic imine (C=N–C) groups is 1. The zero-order valence-electron chi connectivity index (χ0n) is 19.8. The van der Waals surface area contributed by atoms with Crippen LogP contribution in [0.25, 0.3) is 0 Å². The van der Waals surface area contributed by atoms with Gasteiger partial charge in [-0.25, -0.2) is 8.42 Å². The second-order valence-electron chi connectivity index (χ2n) is 7.77. The van der Waals surface area contributed by atoms with Gasteiger partial charge in [-0.2, -0.15) is 4.31 Å². The van der Waals surface area contributed by atoms with Crippen LogP contribution in [0.1, 0.15) is 63.5 Å². The average Bonchev–Trinajstić information content (AvgIpc) is 3.23. The van der Waals surface area contributed by atoms with Crippen molar-refractivity contribution >= 4 is 40.0 Å². The van der Waals surface area contributed by atoms with Crippen LogP contribution in [-0.2, 0) is 23.1 Å². The summed E-state index contributed by atoms with van der Waals surface area (Å²) in [7, 11) is -0.190. The van der Waals surface area contributed by atoms with E-state index in [0.717, 1.165) is 29.9 Å². The van der Waals surface area contributed by atoms with E-state index in [4.69, 9.17) is 4.52 Å². The summed E-state index contributed by atoms with van der Waals surface area (Å²) >= 11 is 0. The second-order valence-corrected chi connectivity index (χ2v) is 9.77. The van der Waals surface area contributed by atoms with Gasteiger partial charge >= 0.3 is 0 Å². The Balaban J connectivity index is 0.00000512.